The van der Waals surface area contributed by atoms with Crippen LogP contribution in [-0.4, -0.2) is 28.2 Å². The zero-order valence-corrected chi connectivity index (χ0v) is 10.5. The van der Waals surface area contributed by atoms with E-state index in [1.807, 2.05) is 6.07 Å². The lowest BCUT2D eigenvalue weighted by atomic mass is 10.0. The van der Waals surface area contributed by atoms with Crippen molar-refractivity contribution in [1.29, 1.82) is 0 Å². The Bertz CT molecular complexity index is 422. The molecule has 1 rings (SSSR count). The van der Waals surface area contributed by atoms with Gasteiger partial charge in [0.15, 0.2) is 0 Å². The molecule has 4 N–H and O–H groups in total. The van der Waals surface area contributed by atoms with Crippen LogP contribution in [0.2, 0.25) is 0 Å². The quantitative estimate of drug-likeness (QED) is 0.730. The molecular weight excluding hydrogens is 258 g/mol. The lowest BCUT2D eigenvalue weighted by Crippen LogP contribution is -2.29. The molecule has 0 saturated heterocycles. The maximum atomic E-state index is 10.7. The first-order valence-electron chi connectivity index (χ1n) is 5.31. The molecule has 0 spiro atoms. The van der Waals surface area contributed by atoms with Gasteiger partial charge in [0.25, 0.3) is 0 Å². The Hall–Kier alpha value is -1.59. The lowest BCUT2D eigenvalue weighted by molar-refractivity contribution is -0.138. The number of benzene rings is 1. The highest BCUT2D eigenvalue weighted by Crippen LogP contribution is 2.09. The Labute approximate surface area is 111 Å². The van der Waals surface area contributed by atoms with Gasteiger partial charge in [-0.25, -0.2) is 4.79 Å². The third-order valence-corrected chi connectivity index (χ3v) is 2.47. The molecule has 5 nitrogen and oxygen atoms in total. The fraction of sp³-hybridized carbons (Fsp3) is 0.333. The Morgan fingerprint density at radius 2 is 1.94 bits per heavy atom. The van der Waals surface area contributed by atoms with Gasteiger partial charge in [-0.3, -0.25) is 4.79 Å². The first kappa shape index (κ1) is 16.4. The van der Waals surface area contributed by atoms with Gasteiger partial charge < -0.3 is 15.9 Å². The van der Waals surface area contributed by atoms with Gasteiger partial charge in [0, 0.05) is 0 Å². The van der Waals surface area contributed by atoms with E-state index in [1.54, 1.807) is 12.1 Å². The van der Waals surface area contributed by atoms with Crippen LogP contribution in [0.3, 0.4) is 0 Å². The predicted octanol–water partition coefficient (Wildman–Crippen LogP) is 1.54. The summed E-state index contributed by atoms with van der Waals surface area (Å²) >= 11 is 0. The smallest absolute Gasteiger partial charge is 0.335 e. The van der Waals surface area contributed by atoms with E-state index in [4.69, 9.17) is 15.9 Å². The summed E-state index contributed by atoms with van der Waals surface area (Å²) < 4.78 is 0. The summed E-state index contributed by atoms with van der Waals surface area (Å²) in [6.07, 6.45) is 1.63. The second kappa shape index (κ2) is 7.68. The fourth-order valence-electron chi connectivity index (χ4n) is 1.51. The monoisotopic (exact) mass is 273 g/mol. The van der Waals surface area contributed by atoms with Crippen molar-refractivity contribution in [3.05, 3.63) is 35.4 Å². The Balaban J connectivity index is 0.00000289. The van der Waals surface area contributed by atoms with Crippen molar-refractivity contribution >= 4 is 24.3 Å². The molecule has 0 aliphatic rings. The van der Waals surface area contributed by atoms with Crippen LogP contribution in [0, 0.1) is 0 Å². The minimum atomic E-state index is -1.01. The summed E-state index contributed by atoms with van der Waals surface area (Å²) in [6.45, 7) is 0. The average molecular weight is 274 g/mol. The molecule has 0 aliphatic carbocycles. The van der Waals surface area contributed by atoms with E-state index < -0.39 is 18.0 Å². The summed E-state index contributed by atoms with van der Waals surface area (Å²) in [5.74, 6) is -1.97. The summed E-state index contributed by atoms with van der Waals surface area (Å²) in [5.41, 5.74) is 6.48. The highest BCUT2D eigenvalue weighted by atomic mass is 35.5. The van der Waals surface area contributed by atoms with Crippen LogP contribution in [0.25, 0.3) is 0 Å². The molecule has 0 fully saturated rings. The number of halogens is 1. The highest BCUT2D eigenvalue weighted by molar-refractivity contribution is 5.87. The molecule has 1 unspecified atom stereocenters. The van der Waals surface area contributed by atoms with Crippen LogP contribution in [0.5, 0.6) is 0 Å². The molecule has 1 aromatic carbocycles. The number of hydrogen-bond donors (Lipinski definition) is 3. The molecule has 100 valence electrons. The molecule has 0 amide bonds. The summed E-state index contributed by atoms with van der Waals surface area (Å²) in [4.78, 5) is 21.2. The molecule has 1 aromatic rings. The van der Waals surface area contributed by atoms with Gasteiger partial charge in [0.2, 0.25) is 0 Å². The number of aromatic carboxylic acids is 1. The molecule has 0 aromatic heterocycles. The van der Waals surface area contributed by atoms with Crippen LogP contribution in [0.1, 0.15) is 28.8 Å². The van der Waals surface area contributed by atoms with Crippen LogP contribution in [0.15, 0.2) is 24.3 Å². The Kier molecular flexibility index (Phi) is 7.00. The van der Waals surface area contributed by atoms with E-state index in [2.05, 4.69) is 0 Å². The summed E-state index contributed by atoms with van der Waals surface area (Å²) in [5, 5.41) is 17.4. The largest absolute Gasteiger partial charge is 0.480 e. The minimum Gasteiger partial charge on any atom is -0.480 e. The second-order valence-corrected chi connectivity index (χ2v) is 3.84. The van der Waals surface area contributed by atoms with E-state index >= 15 is 0 Å². The van der Waals surface area contributed by atoms with Crippen LogP contribution >= 0.6 is 12.4 Å². The zero-order chi connectivity index (χ0) is 12.8. The standard InChI is InChI=1S/C12H15NO4.ClH/c13-10(12(16)17)6-2-4-8-3-1-5-9(7-8)11(14)15;/h1,3,5,7,10H,2,4,6,13H2,(H,14,15)(H,16,17);1H. The third kappa shape index (κ3) is 5.16. The number of carboxylic acids is 2. The number of carboxylic acid groups (broad SMARTS) is 2. The van der Waals surface area contributed by atoms with Crippen molar-refractivity contribution in [2.45, 2.75) is 25.3 Å². The topological polar surface area (TPSA) is 101 Å². The molecule has 0 radical (unpaired) electrons. The van der Waals surface area contributed by atoms with Crippen molar-refractivity contribution in [2.75, 3.05) is 0 Å². The first-order chi connectivity index (χ1) is 8.00. The van der Waals surface area contributed by atoms with Gasteiger partial charge in [-0.1, -0.05) is 12.1 Å². The van der Waals surface area contributed by atoms with Crippen LogP contribution in [-0.2, 0) is 11.2 Å². The number of aryl methyl sites for hydroxylation is 1. The van der Waals surface area contributed by atoms with Crippen molar-refractivity contribution < 1.29 is 19.8 Å². The predicted molar refractivity (Wildman–Crippen MR) is 69.2 cm³/mol. The van der Waals surface area contributed by atoms with Crippen molar-refractivity contribution in [2.24, 2.45) is 5.73 Å². The Morgan fingerprint density at radius 1 is 1.28 bits per heavy atom. The minimum absolute atomic E-state index is 0. The normalized spacial score (nSPS) is 11.4. The molecule has 18 heavy (non-hydrogen) atoms. The number of aliphatic carboxylic acids is 1. The Morgan fingerprint density at radius 3 is 2.50 bits per heavy atom. The number of nitrogens with two attached hydrogens (primary N) is 1. The van der Waals surface area contributed by atoms with Gasteiger partial charge in [0.05, 0.1) is 5.56 Å². The first-order valence-corrected chi connectivity index (χ1v) is 5.31. The van der Waals surface area contributed by atoms with E-state index in [9.17, 15) is 9.59 Å². The molecule has 0 bridgehead atoms. The molecule has 1 atom stereocenters. The van der Waals surface area contributed by atoms with E-state index in [0.29, 0.717) is 19.3 Å². The molecule has 6 heteroatoms. The van der Waals surface area contributed by atoms with Crippen molar-refractivity contribution in [3.8, 4) is 0 Å². The third-order valence-electron chi connectivity index (χ3n) is 2.47. The SMILES string of the molecule is Cl.NC(CCCc1cccc(C(=O)O)c1)C(=O)O. The number of carbonyl (C=O) groups is 2. The van der Waals surface area contributed by atoms with E-state index in [1.165, 1.54) is 6.07 Å². The van der Waals surface area contributed by atoms with Crippen molar-refractivity contribution in [3.63, 3.8) is 0 Å². The average Bonchev–Trinajstić information content (AvgIpc) is 2.29. The van der Waals surface area contributed by atoms with Crippen LogP contribution < -0.4 is 5.73 Å². The van der Waals surface area contributed by atoms with Gasteiger partial charge in [-0.2, -0.15) is 0 Å². The van der Waals surface area contributed by atoms with E-state index in [0.717, 1.165) is 5.56 Å². The molecular formula is C12H16ClNO4. The lowest BCUT2D eigenvalue weighted by Gasteiger charge is -2.06. The maximum absolute atomic E-state index is 10.7. The summed E-state index contributed by atoms with van der Waals surface area (Å²) in [6, 6.07) is 5.76. The number of hydrogen-bond acceptors (Lipinski definition) is 3. The van der Waals surface area contributed by atoms with E-state index in [-0.39, 0.29) is 18.0 Å². The van der Waals surface area contributed by atoms with Crippen molar-refractivity contribution in [1.82, 2.24) is 0 Å². The molecule has 0 aliphatic heterocycles. The molecule has 0 heterocycles. The van der Waals surface area contributed by atoms with Gasteiger partial charge in [-0.15, -0.1) is 12.4 Å². The molecule has 0 saturated carbocycles. The maximum Gasteiger partial charge on any atom is 0.335 e. The number of rotatable bonds is 6. The fourth-order valence-corrected chi connectivity index (χ4v) is 1.51. The second-order valence-electron chi connectivity index (χ2n) is 3.84. The van der Waals surface area contributed by atoms with Gasteiger partial charge in [-0.05, 0) is 37.0 Å². The van der Waals surface area contributed by atoms with Gasteiger partial charge >= 0.3 is 11.9 Å². The van der Waals surface area contributed by atoms with Gasteiger partial charge in [0.1, 0.15) is 6.04 Å². The van der Waals surface area contributed by atoms with Crippen LogP contribution in [0.4, 0.5) is 0 Å². The zero-order valence-electron chi connectivity index (χ0n) is 9.70. The summed E-state index contributed by atoms with van der Waals surface area (Å²) in [7, 11) is 0. The highest BCUT2D eigenvalue weighted by Gasteiger charge is 2.10.